The Morgan fingerprint density at radius 2 is 2.11 bits per heavy atom. The van der Waals surface area contributed by atoms with Crippen LogP contribution in [0.5, 0.6) is 0 Å². The molecule has 0 saturated heterocycles. The Morgan fingerprint density at radius 3 is 2.68 bits per heavy atom. The molecule has 1 aliphatic rings. The van der Waals surface area contributed by atoms with Gasteiger partial charge in [0.15, 0.2) is 0 Å². The normalized spacial score (nSPS) is 17.2. The van der Waals surface area contributed by atoms with Crippen LogP contribution < -0.4 is 5.73 Å². The van der Waals surface area contributed by atoms with E-state index in [4.69, 9.17) is 10.7 Å². The largest absolute Gasteiger partial charge is 0.330 e. The van der Waals surface area contributed by atoms with Gasteiger partial charge >= 0.3 is 0 Å². The fourth-order valence-electron chi connectivity index (χ4n) is 2.77. The van der Waals surface area contributed by atoms with Crippen molar-refractivity contribution in [3.8, 4) is 10.6 Å². The molecule has 19 heavy (non-hydrogen) atoms. The first-order valence-electron chi connectivity index (χ1n) is 6.59. The van der Waals surface area contributed by atoms with Crippen molar-refractivity contribution in [1.29, 1.82) is 0 Å². The van der Waals surface area contributed by atoms with Gasteiger partial charge in [0.2, 0.25) is 0 Å². The van der Waals surface area contributed by atoms with Crippen LogP contribution in [0.15, 0.2) is 28.7 Å². The third-order valence-electron chi connectivity index (χ3n) is 4.08. The van der Waals surface area contributed by atoms with Crippen molar-refractivity contribution >= 4 is 27.3 Å². The summed E-state index contributed by atoms with van der Waals surface area (Å²) in [5.74, 6) is 0. The predicted molar refractivity (Wildman–Crippen MR) is 84.6 cm³/mol. The molecule has 2 nitrogen and oxygen atoms in total. The highest BCUT2D eigenvalue weighted by atomic mass is 79.9. The van der Waals surface area contributed by atoms with E-state index in [2.05, 4.69) is 41.1 Å². The number of thiazole rings is 1. The maximum Gasteiger partial charge on any atom is 0.125 e. The number of aromatic nitrogens is 1. The average Bonchev–Trinajstić information content (AvgIpc) is 2.72. The number of nitrogens with two attached hydrogens (primary N) is 1. The molecule has 0 aliphatic heterocycles. The molecule has 0 radical (unpaired) electrons. The second-order valence-corrected chi connectivity index (χ2v) is 7.10. The van der Waals surface area contributed by atoms with Crippen LogP contribution in [0.4, 0.5) is 0 Å². The summed E-state index contributed by atoms with van der Waals surface area (Å²) < 4.78 is 1.10. The molecule has 1 saturated carbocycles. The Labute approximate surface area is 126 Å². The molecule has 0 spiro atoms. The van der Waals surface area contributed by atoms with Gasteiger partial charge in [-0.2, -0.15) is 0 Å². The number of aryl methyl sites for hydroxylation is 1. The first-order chi connectivity index (χ1) is 9.16. The van der Waals surface area contributed by atoms with E-state index in [0.717, 1.165) is 21.7 Å². The van der Waals surface area contributed by atoms with Gasteiger partial charge in [0.1, 0.15) is 5.01 Å². The van der Waals surface area contributed by atoms with Crippen molar-refractivity contribution in [1.82, 2.24) is 4.98 Å². The average molecular weight is 337 g/mol. The van der Waals surface area contributed by atoms with Crippen molar-refractivity contribution in [3.05, 3.63) is 39.3 Å². The molecular formula is C15H17BrN2S. The SMILES string of the molecule is Cc1nc(-c2ccccc2Br)sc1C1(CN)CCC1. The van der Waals surface area contributed by atoms with Gasteiger partial charge in [-0.05, 0) is 25.8 Å². The summed E-state index contributed by atoms with van der Waals surface area (Å²) in [6.07, 6.45) is 3.71. The topological polar surface area (TPSA) is 38.9 Å². The van der Waals surface area contributed by atoms with E-state index in [1.807, 2.05) is 17.4 Å². The first-order valence-corrected chi connectivity index (χ1v) is 8.20. The molecule has 2 aromatic rings. The highest BCUT2D eigenvalue weighted by molar-refractivity contribution is 9.10. The maximum atomic E-state index is 6.02. The zero-order chi connectivity index (χ0) is 13.5. The lowest BCUT2D eigenvalue weighted by molar-refractivity contribution is 0.257. The number of hydrogen-bond donors (Lipinski definition) is 1. The molecule has 0 bridgehead atoms. The first kappa shape index (κ1) is 13.3. The Bertz CT molecular complexity index is 596. The van der Waals surface area contributed by atoms with Gasteiger partial charge < -0.3 is 5.73 Å². The molecule has 1 aliphatic carbocycles. The number of halogens is 1. The summed E-state index contributed by atoms with van der Waals surface area (Å²) in [5.41, 5.74) is 8.55. The zero-order valence-corrected chi connectivity index (χ0v) is 13.4. The van der Waals surface area contributed by atoms with Crippen molar-refractivity contribution in [2.45, 2.75) is 31.6 Å². The van der Waals surface area contributed by atoms with Gasteiger partial charge in [-0.3, -0.25) is 0 Å². The van der Waals surface area contributed by atoms with Crippen LogP contribution in [0.1, 0.15) is 29.8 Å². The predicted octanol–water partition coefficient (Wildman–Crippen LogP) is 4.26. The Balaban J connectivity index is 2.05. The van der Waals surface area contributed by atoms with Crippen LogP contribution >= 0.6 is 27.3 Å². The minimum absolute atomic E-state index is 0.210. The van der Waals surface area contributed by atoms with E-state index in [1.165, 1.54) is 29.7 Å². The molecule has 1 fully saturated rings. The molecule has 2 N–H and O–H groups in total. The summed E-state index contributed by atoms with van der Waals surface area (Å²) in [7, 11) is 0. The van der Waals surface area contributed by atoms with Crippen LogP contribution in [0.3, 0.4) is 0 Å². The number of hydrogen-bond acceptors (Lipinski definition) is 3. The second kappa shape index (κ2) is 5.00. The molecule has 0 amide bonds. The summed E-state index contributed by atoms with van der Waals surface area (Å²) >= 11 is 5.42. The molecule has 1 heterocycles. The lowest BCUT2D eigenvalue weighted by Gasteiger charge is -2.40. The highest BCUT2D eigenvalue weighted by Gasteiger charge is 2.40. The lowest BCUT2D eigenvalue weighted by atomic mass is 9.67. The Kier molecular flexibility index (Phi) is 3.50. The Hall–Kier alpha value is -0.710. The monoisotopic (exact) mass is 336 g/mol. The molecule has 1 aromatic heterocycles. The second-order valence-electron chi connectivity index (χ2n) is 5.25. The molecular weight excluding hydrogens is 320 g/mol. The third kappa shape index (κ3) is 2.16. The zero-order valence-electron chi connectivity index (χ0n) is 10.9. The molecule has 0 unspecified atom stereocenters. The van der Waals surface area contributed by atoms with Crippen LogP contribution in [0.2, 0.25) is 0 Å². The van der Waals surface area contributed by atoms with Gasteiger partial charge in [0, 0.05) is 26.9 Å². The summed E-state index contributed by atoms with van der Waals surface area (Å²) in [6, 6.07) is 8.26. The van der Waals surface area contributed by atoms with Crippen molar-refractivity contribution < 1.29 is 0 Å². The van der Waals surface area contributed by atoms with Crippen LogP contribution in [-0.4, -0.2) is 11.5 Å². The van der Waals surface area contributed by atoms with Crippen LogP contribution in [0, 0.1) is 6.92 Å². The van der Waals surface area contributed by atoms with E-state index >= 15 is 0 Å². The Morgan fingerprint density at radius 1 is 1.37 bits per heavy atom. The fourth-order valence-corrected chi connectivity index (χ4v) is 4.73. The summed E-state index contributed by atoms with van der Waals surface area (Å²) in [4.78, 5) is 6.17. The smallest absolute Gasteiger partial charge is 0.125 e. The molecule has 100 valence electrons. The van der Waals surface area contributed by atoms with Crippen LogP contribution in [0.25, 0.3) is 10.6 Å². The highest BCUT2D eigenvalue weighted by Crippen LogP contribution is 2.48. The van der Waals surface area contributed by atoms with Gasteiger partial charge in [0.25, 0.3) is 0 Å². The van der Waals surface area contributed by atoms with Gasteiger partial charge in [-0.25, -0.2) is 4.98 Å². The molecule has 0 atom stereocenters. The van der Waals surface area contributed by atoms with Crippen LogP contribution in [-0.2, 0) is 5.41 Å². The standard InChI is InChI=1S/C15H17BrN2S/c1-10-13(15(9-17)7-4-8-15)19-14(18-10)11-5-2-3-6-12(11)16/h2-3,5-6H,4,7-9,17H2,1H3. The summed E-state index contributed by atoms with van der Waals surface area (Å²) in [5, 5.41) is 1.10. The number of nitrogens with zero attached hydrogens (tertiary/aromatic N) is 1. The van der Waals surface area contributed by atoms with Crippen molar-refractivity contribution in [3.63, 3.8) is 0 Å². The molecule has 3 rings (SSSR count). The van der Waals surface area contributed by atoms with E-state index in [9.17, 15) is 0 Å². The molecule has 4 heteroatoms. The van der Waals surface area contributed by atoms with Crippen molar-refractivity contribution in [2.24, 2.45) is 5.73 Å². The minimum Gasteiger partial charge on any atom is -0.330 e. The number of benzene rings is 1. The lowest BCUT2D eigenvalue weighted by Crippen LogP contribution is -2.41. The third-order valence-corrected chi connectivity index (χ3v) is 6.21. The quantitative estimate of drug-likeness (QED) is 0.909. The fraction of sp³-hybridized carbons (Fsp3) is 0.400. The van der Waals surface area contributed by atoms with E-state index in [-0.39, 0.29) is 5.41 Å². The van der Waals surface area contributed by atoms with E-state index < -0.39 is 0 Å². The van der Waals surface area contributed by atoms with Gasteiger partial charge in [0.05, 0.1) is 5.69 Å². The van der Waals surface area contributed by atoms with E-state index in [1.54, 1.807) is 0 Å². The summed E-state index contributed by atoms with van der Waals surface area (Å²) in [6.45, 7) is 2.85. The van der Waals surface area contributed by atoms with E-state index in [0.29, 0.717) is 0 Å². The van der Waals surface area contributed by atoms with Crippen molar-refractivity contribution in [2.75, 3.05) is 6.54 Å². The maximum absolute atomic E-state index is 6.02. The number of rotatable bonds is 3. The molecule has 1 aromatic carbocycles. The minimum atomic E-state index is 0.210. The van der Waals surface area contributed by atoms with Gasteiger partial charge in [-0.15, -0.1) is 11.3 Å². The van der Waals surface area contributed by atoms with Gasteiger partial charge in [-0.1, -0.05) is 40.5 Å².